The predicted molar refractivity (Wildman–Crippen MR) is 78.1 cm³/mol. The molecule has 0 atom stereocenters. The summed E-state index contributed by atoms with van der Waals surface area (Å²) in [5.41, 5.74) is 7.13. The van der Waals surface area contributed by atoms with Crippen LogP contribution in [0.3, 0.4) is 0 Å². The molecule has 7 heteroatoms. The van der Waals surface area contributed by atoms with Gasteiger partial charge in [-0.05, 0) is 31.2 Å². The minimum atomic E-state index is -0.405. The van der Waals surface area contributed by atoms with E-state index < -0.39 is 5.91 Å². The van der Waals surface area contributed by atoms with Gasteiger partial charge in [0.2, 0.25) is 0 Å². The van der Waals surface area contributed by atoms with Crippen LogP contribution in [0.4, 0.5) is 5.69 Å². The molecule has 1 aromatic heterocycles. The molecule has 0 fully saturated rings. The van der Waals surface area contributed by atoms with Crippen molar-refractivity contribution in [3.05, 3.63) is 51.9 Å². The number of benzene rings is 1. The number of hydrogen-bond donors (Lipinski definition) is 3. The van der Waals surface area contributed by atoms with Crippen molar-refractivity contribution in [1.82, 2.24) is 0 Å². The fourth-order valence-corrected chi connectivity index (χ4v) is 2.04. The number of nitrogens with zero attached hydrogens (tertiary/aromatic N) is 1. The number of furan rings is 1. The lowest BCUT2D eigenvalue weighted by Gasteiger charge is -2.10. The molecule has 0 spiro atoms. The van der Waals surface area contributed by atoms with Crippen molar-refractivity contribution in [1.29, 1.82) is 0 Å². The first-order valence-corrected chi connectivity index (χ1v) is 6.45. The van der Waals surface area contributed by atoms with Gasteiger partial charge in [-0.2, -0.15) is 0 Å². The average molecular weight is 338 g/mol. The van der Waals surface area contributed by atoms with Gasteiger partial charge in [0, 0.05) is 15.6 Å². The molecule has 104 valence electrons. The maximum Gasteiger partial charge on any atom is 0.291 e. The van der Waals surface area contributed by atoms with Gasteiger partial charge in [0.25, 0.3) is 5.91 Å². The second kappa shape index (κ2) is 5.79. The van der Waals surface area contributed by atoms with Crippen molar-refractivity contribution in [2.75, 3.05) is 5.32 Å². The molecule has 0 aliphatic rings. The van der Waals surface area contributed by atoms with E-state index in [0.29, 0.717) is 11.3 Å². The van der Waals surface area contributed by atoms with E-state index in [2.05, 4.69) is 26.4 Å². The van der Waals surface area contributed by atoms with Gasteiger partial charge < -0.3 is 20.7 Å². The third-order valence-electron chi connectivity index (χ3n) is 2.68. The summed E-state index contributed by atoms with van der Waals surface area (Å²) in [5, 5.41) is 14.4. The van der Waals surface area contributed by atoms with Gasteiger partial charge in [-0.3, -0.25) is 4.79 Å². The molecule has 0 radical (unpaired) electrons. The molecule has 1 aromatic carbocycles. The highest BCUT2D eigenvalue weighted by molar-refractivity contribution is 9.10. The van der Waals surface area contributed by atoms with Crippen molar-refractivity contribution in [2.45, 2.75) is 6.92 Å². The maximum atomic E-state index is 12.1. The Morgan fingerprint density at radius 3 is 2.80 bits per heavy atom. The Kier molecular flexibility index (Phi) is 4.09. The fraction of sp³-hybridized carbons (Fsp3) is 0.0769. The first-order valence-electron chi connectivity index (χ1n) is 5.66. The fourth-order valence-electron chi connectivity index (χ4n) is 1.68. The molecule has 0 saturated carbocycles. The third kappa shape index (κ3) is 2.83. The second-order valence-electron chi connectivity index (χ2n) is 4.06. The highest BCUT2D eigenvalue weighted by Gasteiger charge is 2.16. The maximum absolute atomic E-state index is 12.1. The smallest absolute Gasteiger partial charge is 0.291 e. The van der Waals surface area contributed by atoms with Crippen molar-refractivity contribution >= 4 is 33.4 Å². The molecule has 0 aliphatic carbocycles. The summed E-state index contributed by atoms with van der Waals surface area (Å²) in [5.74, 6) is -0.281. The lowest BCUT2D eigenvalue weighted by atomic mass is 10.1. The van der Waals surface area contributed by atoms with Crippen LogP contribution in [0.25, 0.3) is 0 Å². The van der Waals surface area contributed by atoms with Crippen LogP contribution in [0.1, 0.15) is 21.7 Å². The van der Waals surface area contributed by atoms with Crippen molar-refractivity contribution in [2.24, 2.45) is 10.9 Å². The van der Waals surface area contributed by atoms with Gasteiger partial charge >= 0.3 is 0 Å². The number of amidine groups is 1. The number of nitrogens with one attached hydrogen (secondary N) is 1. The molecular formula is C13H12BrN3O3. The molecule has 2 rings (SSSR count). The van der Waals surface area contributed by atoms with Gasteiger partial charge in [-0.25, -0.2) is 0 Å². The zero-order valence-corrected chi connectivity index (χ0v) is 12.1. The summed E-state index contributed by atoms with van der Waals surface area (Å²) >= 11 is 3.30. The monoisotopic (exact) mass is 337 g/mol. The van der Waals surface area contributed by atoms with Crippen LogP contribution in [0.2, 0.25) is 0 Å². The van der Waals surface area contributed by atoms with Crippen LogP contribution >= 0.6 is 15.9 Å². The first kappa shape index (κ1) is 14.1. The largest absolute Gasteiger partial charge is 0.459 e. The third-order valence-corrected chi connectivity index (χ3v) is 3.18. The Morgan fingerprint density at radius 2 is 2.20 bits per heavy atom. The van der Waals surface area contributed by atoms with Crippen LogP contribution in [0.15, 0.2) is 44.6 Å². The Morgan fingerprint density at radius 1 is 1.45 bits per heavy atom. The number of rotatable bonds is 3. The molecule has 0 saturated heterocycles. The van der Waals surface area contributed by atoms with Gasteiger partial charge in [0.15, 0.2) is 11.6 Å². The van der Waals surface area contributed by atoms with Gasteiger partial charge in [-0.1, -0.05) is 21.1 Å². The lowest BCUT2D eigenvalue weighted by molar-refractivity contribution is 0.0996. The number of carbonyl (C=O) groups is 1. The first-order chi connectivity index (χ1) is 9.52. The number of amides is 1. The van der Waals surface area contributed by atoms with Crippen LogP contribution in [0.5, 0.6) is 0 Å². The van der Waals surface area contributed by atoms with Crippen LogP contribution in [-0.2, 0) is 0 Å². The van der Waals surface area contributed by atoms with Crippen molar-refractivity contribution < 1.29 is 14.4 Å². The standard InChI is InChI=1S/C13H12BrN3O3/c1-7-4-5-20-11(7)13(18)16-10-6-8(14)2-3-9(10)12(15)17-19/h2-6,19H,1H3,(H2,15,17)(H,16,18). The van der Waals surface area contributed by atoms with Crippen molar-refractivity contribution in [3.63, 3.8) is 0 Å². The molecule has 0 bridgehead atoms. The van der Waals surface area contributed by atoms with E-state index in [0.717, 1.165) is 10.0 Å². The number of nitrogens with two attached hydrogens (primary N) is 1. The average Bonchev–Trinajstić information content (AvgIpc) is 2.84. The van der Waals surface area contributed by atoms with Crippen molar-refractivity contribution in [3.8, 4) is 0 Å². The summed E-state index contributed by atoms with van der Waals surface area (Å²) in [6.07, 6.45) is 1.44. The molecular weight excluding hydrogens is 326 g/mol. The quantitative estimate of drug-likeness (QED) is 0.347. The number of carbonyl (C=O) groups excluding carboxylic acids is 1. The Balaban J connectivity index is 2.36. The SMILES string of the molecule is Cc1ccoc1C(=O)Nc1cc(Br)ccc1/C(N)=N/O. The number of halogens is 1. The normalized spacial score (nSPS) is 11.4. The minimum absolute atomic E-state index is 0.0935. The van der Waals surface area contributed by atoms with Gasteiger partial charge in [-0.15, -0.1) is 0 Å². The van der Waals surface area contributed by atoms with Gasteiger partial charge in [0.05, 0.1) is 12.0 Å². The topological polar surface area (TPSA) is 101 Å². The van der Waals surface area contributed by atoms with Gasteiger partial charge in [0.1, 0.15) is 0 Å². The van der Waals surface area contributed by atoms with E-state index in [1.54, 1.807) is 31.2 Å². The summed E-state index contributed by atoms with van der Waals surface area (Å²) in [7, 11) is 0. The Bertz CT molecular complexity index is 679. The van der Waals surface area contributed by atoms with E-state index in [4.69, 9.17) is 15.4 Å². The highest BCUT2D eigenvalue weighted by atomic mass is 79.9. The predicted octanol–water partition coefficient (Wildman–Crippen LogP) is 2.70. The molecule has 20 heavy (non-hydrogen) atoms. The van der Waals surface area contributed by atoms with E-state index in [9.17, 15) is 4.79 Å². The van der Waals surface area contributed by atoms with Crippen LogP contribution in [0, 0.1) is 6.92 Å². The molecule has 2 aromatic rings. The summed E-state index contributed by atoms with van der Waals surface area (Å²) in [4.78, 5) is 12.1. The number of hydrogen-bond acceptors (Lipinski definition) is 4. The Hall–Kier alpha value is -2.28. The van der Waals surface area contributed by atoms with Crippen LogP contribution in [-0.4, -0.2) is 17.0 Å². The zero-order chi connectivity index (χ0) is 14.7. The number of aryl methyl sites for hydroxylation is 1. The number of oxime groups is 1. The lowest BCUT2D eigenvalue weighted by Crippen LogP contribution is -2.19. The Labute approximate surface area is 123 Å². The summed E-state index contributed by atoms with van der Waals surface area (Å²) in [6, 6.07) is 6.70. The zero-order valence-electron chi connectivity index (χ0n) is 10.6. The van der Waals surface area contributed by atoms with E-state index in [1.165, 1.54) is 6.26 Å². The molecule has 0 unspecified atom stereocenters. The second-order valence-corrected chi connectivity index (χ2v) is 4.98. The number of anilines is 1. The highest BCUT2D eigenvalue weighted by Crippen LogP contribution is 2.22. The summed E-state index contributed by atoms with van der Waals surface area (Å²) < 4.78 is 5.87. The van der Waals surface area contributed by atoms with Crippen LogP contribution < -0.4 is 11.1 Å². The van der Waals surface area contributed by atoms with E-state index in [1.807, 2.05) is 0 Å². The minimum Gasteiger partial charge on any atom is -0.459 e. The molecule has 4 N–H and O–H groups in total. The molecule has 6 nitrogen and oxygen atoms in total. The van der Waals surface area contributed by atoms with E-state index in [-0.39, 0.29) is 11.6 Å². The molecule has 1 amide bonds. The van der Waals surface area contributed by atoms with E-state index >= 15 is 0 Å². The summed E-state index contributed by atoms with van der Waals surface area (Å²) in [6.45, 7) is 1.77. The molecule has 0 aliphatic heterocycles. The molecule has 1 heterocycles.